The molecule has 2 rings (SSSR count). The summed E-state index contributed by atoms with van der Waals surface area (Å²) in [4.78, 5) is 9.20. The molecule has 1 heterocycles. The molecule has 1 aliphatic rings. The van der Waals surface area contributed by atoms with E-state index in [1.807, 2.05) is 13.1 Å². The Kier molecular flexibility index (Phi) is 4.84. The lowest BCUT2D eigenvalue weighted by atomic mass is 9.96. The average Bonchev–Trinajstić information content (AvgIpc) is 2.90. The SMILES string of the molecule is CNc1cc(NCCC2CCCC2)nc(C(C)(C)C)n1. The Morgan fingerprint density at radius 1 is 1.15 bits per heavy atom. The normalized spacial score (nSPS) is 16.4. The summed E-state index contributed by atoms with van der Waals surface area (Å²) in [5, 5.41) is 6.59. The molecule has 0 aliphatic heterocycles. The molecule has 1 saturated carbocycles. The number of nitrogens with zero attached hydrogens (tertiary/aromatic N) is 2. The van der Waals surface area contributed by atoms with E-state index in [2.05, 4.69) is 41.4 Å². The highest BCUT2D eigenvalue weighted by atomic mass is 15.1. The van der Waals surface area contributed by atoms with Crippen LogP contribution in [0.5, 0.6) is 0 Å². The maximum atomic E-state index is 4.65. The summed E-state index contributed by atoms with van der Waals surface area (Å²) in [7, 11) is 1.90. The summed E-state index contributed by atoms with van der Waals surface area (Å²) >= 11 is 0. The molecule has 4 nitrogen and oxygen atoms in total. The largest absolute Gasteiger partial charge is 0.373 e. The van der Waals surface area contributed by atoms with Crippen molar-refractivity contribution in [3.8, 4) is 0 Å². The average molecular weight is 276 g/mol. The molecule has 1 aliphatic carbocycles. The van der Waals surface area contributed by atoms with Crippen LogP contribution in [0.3, 0.4) is 0 Å². The van der Waals surface area contributed by atoms with Gasteiger partial charge in [0.2, 0.25) is 0 Å². The van der Waals surface area contributed by atoms with Crippen LogP contribution in [0.1, 0.15) is 58.7 Å². The van der Waals surface area contributed by atoms with Crippen molar-refractivity contribution in [3.63, 3.8) is 0 Å². The maximum absolute atomic E-state index is 4.65. The number of rotatable bonds is 5. The summed E-state index contributed by atoms with van der Waals surface area (Å²) in [6.07, 6.45) is 6.89. The van der Waals surface area contributed by atoms with E-state index in [9.17, 15) is 0 Å². The Balaban J connectivity index is 1.98. The van der Waals surface area contributed by atoms with E-state index in [0.717, 1.165) is 29.9 Å². The monoisotopic (exact) mass is 276 g/mol. The number of hydrogen-bond donors (Lipinski definition) is 2. The lowest BCUT2D eigenvalue weighted by molar-refractivity contribution is 0.517. The highest BCUT2D eigenvalue weighted by molar-refractivity contribution is 5.47. The molecule has 20 heavy (non-hydrogen) atoms. The second kappa shape index (κ2) is 6.42. The number of hydrogen-bond acceptors (Lipinski definition) is 4. The van der Waals surface area contributed by atoms with E-state index in [1.165, 1.54) is 32.1 Å². The van der Waals surface area contributed by atoms with E-state index in [0.29, 0.717) is 0 Å². The lowest BCUT2D eigenvalue weighted by Crippen LogP contribution is -2.18. The second-order valence-corrected chi connectivity index (χ2v) is 6.83. The standard InChI is InChI=1S/C16H28N4/c1-16(2,3)15-19-13(17-4)11-14(20-15)18-10-9-12-7-5-6-8-12/h11-12H,5-10H2,1-4H3,(H2,17,18,19,20). The zero-order chi connectivity index (χ0) is 14.6. The fourth-order valence-electron chi connectivity index (χ4n) is 2.70. The highest BCUT2D eigenvalue weighted by Crippen LogP contribution is 2.27. The van der Waals surface area contributed by atoms with Crippen LogP contribution in [-0.4, -0.2) is 23.6 Å². The van der Waals surface area contributed by atoms with Gasteiger partial charge in [-0.05, 0) is 12.3 Å². The summed E-state index contributed by atoms with van der Waals surface area (Å²) in [6.45, 7) is 7.44. The van der Waals surface area contributed by atoms with Crippen LogP contribution < -0.4 is 10.6 Å². The van der Waals surface area contributed by atoms with Gasteiger partial charge in [0.25, 0.3) is 0 Å². The molecule has 1 fully saturated rings. The zero-order valence-corrected chi connectivity index (χ0v) is 13.3. The molecule has 0 amide bonds. The number of aromatic nitrogens is 2. The first-order valence-corrected chi connectivity index (χ1v) is 7.80. The highest BCUT2D eigenvalue weighted by Gasteiger charge is 2.19. The minimum atomic E-state index is -0.0330. The van der Waals surface area contributed by atoms with Gasteiger partial charge in [0.05, 0.1) is 0 Å². The van der Waals surface area contributed by atoms with Crippen LogP contribution in [0, 0.1) is 5.92 Å². The third kappa shape index (κ3) is 4.09. The van der Waals surface area contributed by atoms with E-state index >= 15 is 0 Å². The minimum Gasteiger partial charge on any atom is -0.373 e. The molecule has 1 aromatic heterocycles. The van der Waals surface area contributed by atoms with Crippen molar-refractivity contribution in [2.24, 2.45) is 5.92 Å². The molecule has 0 spiro atoms. The number of anilines is 2. The Labute approximate surface area is 122 Å². The van der Waals surface area contributed by atoms with Crippen molar-refractivity contribution in [2.75, 3.05) is 24.2 Å². The van der Waals surface area contributed by atoms with Crippen LogP contribution in [0.2, 0.25) is 0 Å². The lowest BCUT2D eigenvalue weighted by Gasteiger charge is -2.19. The topological polar surface area (TPSA) is 49.8 Å². The van der Waals surface area contributed by atoms with Crippen LogP contribution in [0.4, 0.5) is 11.6 Å². The summed E-state index contributed by atoms with van der Waals surface area (Å²) in [6, 6.07) is 1.99. The van der Waals surface area contributed by atoms with Crippen LogP contribution >= 0.6 is 0 Å². The van der Waals surface area contributed by atoms with Gasteiger partial charge in [-0.25, -0.2) is 9.97 Å². The van der Waals surface area contributed by atoms with Gasteiger partial charge in [0.15, 0.2) is 0 Å². The fraction of sp³-hybridized carbons (Fsp3) is 0.750. The Morgan fingerprint density at radius 2 is 1.80 bits per heavy atom. The van der Waals surface area contributed by atoms with E-state index in [4.69, 9.17) is 0 Å². The molecule has 0 atom stereocenters. The van der Waals surface area contributed by atoms with Crippen LogP contribution in [0.25, 0.3) is 0 Å². The Bertz CT molecular complexity index is 431. The number of nitrogens with one attached hydrogen (secondary N) is 2. The molecule has 0 saturated heterocycles. The Morgan fingerprint density at radius 3 is 2.40 bits per heavy atom. The van der Waals surface area contributed by atoms with E-state index < -0.39 is 0 Å². The van der Waals surface area contributed by atoms with Crippen molar-refractivity contribution in [1.82, 2.24) is 9.97 Å². The first-order valence-electron chi connectivity index (χ1n) is 7.80. The second-order valence-electron chi connectivity index (χ2n) is 6.83. The molecule has 0 aromatic carbocycles. The Hall–Kier alpha value is -1.32. The van der Waals surface area contributed by atoms with E-state index in [-0.39, 0.29) is 5.41 Å². The van der Waals surface area contributed by atoms with Crippen molar-refractivity contribution < 1.29 is 0 Å². The fourth-order valence-corrected chi connectivity index (χ4v) is 2.70. The molecule has 1 aromatic rings. The molecular formula is C16H28N4. The van der Waals surface area contributed by atoms with Crippen molar-refractivity contribution >= 4 is 11.6 Å². The quantitative estimate of drug-likeness (QED) is 0.858. The summed E-state index contributed by atoms with van der Waals surface area (Å²) < 4.78 is 0. The van der Waals surface area contributed by atoms with Gasteiger partial charge in [-0.2, -0.15) is 0 Å². The van der Waals surface area contributed by atoms with Gasteiger partial charge in [-0.3, -0.25) is 0 Å². The van der Waals surface area contributed by atoms with E-state index in [1.54, 1.807) is 0 Å². The predicted octanol–water partition coefficient (Wildman–Crippen LogP) is 3.81. The predicted molar refractivity (Wildman–Crippen MR) is 85.3 cm³/mol. The summed E-state index contributed by atoms with van der Waals surface area (Å²) in [5.74, 6) is 3.61. The van der Waals surface area contributed by atoms with Gasteiger partial charge in [0, 0.05) is 25.1 Å². The van der Waals surface area contributed by atoms with Crippen molar-refractivity contribution in [2.45, 2.75) is 58.3 Å². The van der Waals surface area contributed by atoms with Crippen LogP contribution in [0.15, 0.2) is 6.07 Å². The van der Waals surface area contributed by atoms with Gasteiger partial charge in [-0.15, -0.1) is 0 Å². The molecular weight excluding hydrogens is 248 g/mol. The summed E-state index contributed by atoms with van der Waals surface area (Å²) in [5.41, 5.74) is -0.0330. The minimum absolute atomic E-state index is 0.0330. The van der Waals surface area contributed by atoms with Crippen LogP contribution in [-0.2, 0) is 5.41 Å². The third-order valence-corrected chi connectivity index (χ3v) is 3.99. The molecule has 2 N–H and O–H groups in total. The molecule has 4 heteroatoms. The smallest absolute Gasteiger partial charge is 0.138 e. The molecule has 0 radical (unpaired) electrons. The maximum Gasteiger partial charge on any atom is 0.138 e. The third-order valence-electron chi connectivity index (χ3n) is 3.99. The van der Waals surface area contributed by atoms with Gasteiger partial charge >= 0.3 is 0 Å². The first kappa shape index (κ1) is 15.1. The molecule has 0 unspecified atom stereocenters. The molecule has 112 valence electrons. The van der Waals surface area contributed by atoms with Gasteiger partial charge in [0.1, 0.15) is 17.5 Å². The molecule has 0 bridgehead atoms. The van der Waals surface area contributed by atoms with Crippen molar-refractivity contribution in [1.29, 1.82) is 0 Å². The van der Waals surface area contributed by atoms with Gasteiger partial charge in [-0.1, -0.05) is 46.5 Å². The zero-order valence-electron chi connectivity index (χ0n) is 13.3. The van der Waals surface area contributed by atoms with Crippen molar-refractivity contribution in [3.05, 3.63) is 11.9 Å². The van der Waals surface area contributed by atoms with Gasteiger partial charge < -0.3 is 10.6 Å². The first-order chi connectivity index (χ1) is 9.49.